The van der Waals surface area contributed by atoms with Gasteiger partial charge in [0.25, 0.3) is 0 Å². The van der Waals surface area contributed by atoms with Gasteiger partial charge in [-0.05, 0) is 41.5 Å². The minimum absolute atomic E-state index is 1.18. The van der Waals surface area contributed by atoms with Crippen molar-refractivity contribution in [3.63, 3.8) is 0 Å². The van der Waals surface area contributed by atoms with Crippen LogP contribution >= 0.6 is 0 Å². The SMILES string of the molecule is Cn1c2ccccc2c2c(-c3ccccc3)cc3c4ccccc4n(-c4ccccc4)c3c21. The molecular formula is C31H22N2. The number of para-hydroxylation sites is 3. The summed E-state index contributed by atoms with van der Waals surface area (Å²) in [5.74, 6) is 0. The van der Waals surface area contributed by atoms with Crippen molar-refractivity contribution >= 4 is 43.6 Å². The highest BCUT2D eigenvalue weighted by Gasteiger charge is 2.22. The van der Waals surface area contributed by atoms with E-state index < -0.39 is 0 Å². The maximum atomic E-state index is 2.43. The number of fused-ring (bicyclic) bond motifs is 7. The second-order valence-electron chi connectivity index (χ2n) is 8.67. The molecule has 2 heterocycles. The van der Waals surface area contributed by atoms with E-state index in [-0.39, 0.29) is 0 Å². The first-order chi connectivity index (χ1) is 16.3. The van der Waals surface area contributed by atoms with Crippen molar-refractivity contribution in [2.75, 3.05) is 0 Å². The van der Waals surface area contributed by atoms with Gasteiger partial charge < -0.3 is 9.13 Å². The van der Waals surface area contributed by atoms with Crippen LogP contribution in [-0.2, 0) is 7.05 Å². The standard InChI is InChI=1S/C31H22N2/c1-32-27-18-10-9-17-24(27)29-25(21-12-4-2-5-13-21)20-26-23-16-8-11-19-28(23)33(30(26)31(29)32)22-14-6-3-7-15-22/h2-20H,1H3. The summed E-state index contributed by atoms with van der Waals surface area (Å²) in [5.41, 5.74) is 8.73. The van der Waals surface area contributed by atoms with Crippen molar-refractivity contribution in [2.45, 2.75) is 0 Å². The summed E-state index contributed by atoms with van der Waals surface area (Å²) in [7, 11) is 2.20. The topological polar surface area (TPSA) is 9.86 Å². The molecule has 33 heavy (non-hydrogen) atoms. The zero-order valence-corrected chi connectivity index (χ0v) is 18.4. The van der Waals surface area contributed by atoms with E-state index >= 15 is 0 Å². The zero-order valence-electron chi connectivity index (χ0n) is 18.4. The lowest BCUT2D eigenvalue weighted by Crippen LogP contribution is -1.96. The van der Waals surface area contributed by atoms with Crippen molar-refractivity contribution < 1.29 is 0 Å². The Kier molecular flexibility index (Phi) is 3.80. The third-order valence-corrected chi connectivity index (χ3v) is 6.90. The molecule has 0 spiro atoms. The predicted molar refractivity (Wildman–Crippen MR) is 140 cm³/mol. The average Bonchev–Trinajstić information content (AvgIpc) is 3.37. The lowest BCUT2D eigenvalue weighted by molar-refractivity contribution is 1.01. The fourth-order valence-electron chi connectivity index (χ4n) is 5.49. The van der Waals surface area contributed by atoms with Gasteiger partial charge in [-0.3, -0.25) is 0 Å². The molecule has 0 unspecified atom stereocenters. The molecule has 0 amide bonds. The highest BCUT2D eigenvalue weighted by molar-refractivity contribution is 6.27. The quantitative estimate of drug-likeness (QED) is 0.266. The maximum Gasteiger partial charge on any atom is 0.0785 e. The number of aryl methyl sites for hydroxylation is 1. The van der Waals surface area contributed by atoms with Gasteiger partial charge in [-0.25, -0.2) is 0 Å². The van der Waals surface area contributed by atoms with Crippen molar-refractivity contribution in [3.05, 3.63) is 115 Å². The molecule has 0 fully saturated rings. The van der Waals surface area contributed by atoms with E-state index in [1.807, 2.05) is 0 Å². The molecule has 0 N–H and O–H groups in total. The average molecular weight is 423 g/mol. The number of hydrogen-bond acceptors (Lipinski definition) is 0. The van der Waals surface area contributed by atoms with Crippen molar-refractivity contribution in [1.82, 2.24) is 9.13 Å². The van der Waals surface area contributed by atoms with Crippen LogP contribution in [0.4, 0.5) is 0 Å². The Hall–Kier alpha value is -4.30. The largest absolute Gasteiger partial charge is 0.342 e. The van der Waals surface area contributed by atoms with E-state index in [4.69, 9.17) is 0 Å². The Balaban J connectivity index is 1.81. The molecule has 0 atom stereocenters. The first-order valence-corrected chi connectivity index (χ1v) is 11.4. The number of rotatable bonds is 2. The smallest absolute Gasteiger partial charge is 0.0785 e. The van der Waals surface area contributed by atoms with Crippen LogP contribution in [0.3, 0.4) is 0 Å². The van der Waals surface area contributed by atoms with Gasteiger partial charge in [-0.15, -0.1) is 0 Å². The third-order valence-electron chi connectivity index (χ3n) is 6.90. The first kappa shape index (κ1) is 18.3. The Morgan fingerprint density at radius 2 is 1.12 bits per heavy atom. The molecule has 0 aliphatic heterocycles. The van der Waals surface area contributed by atoms with Gasteiger partial charge in [0.2, 0.25) is 0 Å². The number of benzene rings is 5. The molecule has 0 radical (unpaired) electrons. The molecule has 7 rings (SSSR count). The van der Waals surface area contributed by atoms with Crippen LogP contribution in [-0.4, -0.2) is 9.13 Å². The van der Waals surface area contributed by atoms with E-state index in [9.17, 15) is 0 Å². The number of aromatic nitrogens is 2. The zero-order chi connectivity index (χ0) is 21.9. The first-order valence-electron chi connectivity index (χ1n) is 11.4. The molecule has 0 aliphatic carbocycles. The lowest BCUT2D eigenvalue weighted by atomic mass is 9.96. The minimum Gasteiger partial charge on any atom is -0.342 e. The summed E-state index contributed by atoms with van der Waals surface area (Å²) in [6, 6.07) is 41.4. The van der Waals surface area contributed by atoms with Crippen LogP contribution < -0.4 is 0 Å². The Morgan fingerprint density at radius 1 is 0.515 bits per heavy atom. The molecule has 0 bridgehead atoms. The Labute approximate surface area is 191 Å². The van der Waals surface area contributed by atoms with Crippen LogP contribution in [0, 0.1) is 0 Å². The van der Waals surface area contributed by atoms with E-state index in [0.29, 0.717) is 0 Å². The van der Waals surface area contributed by atoms with Gasteiger partial charge in [0.15, 0.2) is 0 Å². The summed E-state index contributed by atoms with van der Waals surface area (Å²) in [6.45, 7) is 0. The summed E-state index contributed by atoms with van der Waals surface area (Å²) < 4.78 is 4.80. The van der Waals surface area contributed by atoms with E-state index in [1.165, 1.54) is 60.4 Å². The monoisotopic (exact) mass is 422 g/mol. The molecule has 2 nitrogen and oxygen atoms in total. The molecule has 0 saturated carbocycles. The van der Waals surface area contributed by atoms with Crippen LogP contribution in [0.15, 0.2) is 115 Å². The van der Waals surface area contributed by atoms with Gasteiger partial charge in [0.05, 0.1) is 16.6 Å². The van der Waals surface area contributed by atoms with Crippen LogP contribution in [0.5, 0.6) is 0 Å². The summed E-state index contributed by atoms with van der Waals surface area (Å²) in [4.78, 5) is 0. The van der Waals surface area contributed by atoms with E-state index in [2.05, 4.69) is 131 Å². The van der Waals surface area contributed by atoms with Gasteiger partial charge in [-0.1, -0.05) is 84.9 Å². The van der Waals surface area contributed by atoms with Crippen molar-refractivity contribution in [3.8, 4) is 16.8 Å². The molecule has 2 aromatic heterocycles. The van der Waals surface area contributed by atoms with Crippen LogP contribution in [0.25, 0.3) is 60.4 Å². The van der Waals surface area contributed by atoms with Gasteiger partial charge in [0, 0.05) is 39.8 Å². The second-order valence-corrected chi connectivity index (χ2v) is 8.67. The number of nitrogens with zero attached hydrogens (tertiary/aromatic N) is 2. The highest BCUT2D eigenvalue weighted by Crippen LogP contribution is 2.44. The number of hydrogen-bond donors (Lipinski definition) is 0. The van der Waals surface area contributed by atoms with Gasteiger partial charge >= 0.3 is 0 Å². The fraction of sp³-hybridized carbons (Fsp3) is 0.0323. The molecular weight excluding hydrogens is 400 g/mol. The molecule has 5 aromatic carbocycles. The van der Waals surface area contributed by atoms with Crippen molar-refractivity contribution in [1.29, 1.82) is 0 Å². The van der Waals surface area contributed by atoms with Crippen LogP contribution in [0.1, 0.15) is 0 Å². The van der Waals surface area contributed by atoms with Gasteiger partial charge in [-0.2, -0.15) is 0 Å². The third kappa shape index (κ3) is 2.49. The van der Waals surface area contributed by atoms with Gasteiger partial charge in [0.1, 0.15) is 0 Å². The van der Waals surface area contributed by atoms with Crippen molar-refractivity contribution in [2.24, 2.45) is 7.05 Å². The van der Waals surface area contributed by atoms with E-state index in [1.54, 1.807) is 0 Å². The highest BCUT2D eigenvalue weighted by atomic mass is 15.0. The van der Waals surface area contributed by atoms with E-state index in [0.717, 1.165) is 0 Å². The molecule has 0 aliphatic rings. The summed E-state index contributed by atoms with van der Waals surface area (Å²) in [6.07, 6.45) is 0. The molecule has 7 aromatic rings. The minimum atomic E-state index is 1.18. The summed E-state index contributed by atoms with van der Waals surface area (Å²) >= 11 is 0. The normalized spacial score (nSPS) is 11.8. The Bertz CT molecular complexity index is 1800. The van der Waals surface area contributed by atoms with Crippen LogP contribution in [0.2, 0.25) is 0 Å². The predicted octanol–water partition coefficient (Wildman–Crippen LogP) is 8.10. The Morgan fingerprint density at radius 3 is 1.88 bits per heavy atom. The fourth-order valence-corrected chi connectivity index (χ4v) is 5.49. The molecule has 156 valence electrons. The molecule has 2 heteroatoms. The summed E-state index contributed by atoms with van der Waals surface area (Å²) in [5, 5.41) is 5.17. The maximum absolute atomic E-state index is 2.43. The molecule has 0 saturated heterocycles. The lowest BCUT2D eigenvalue weighted by Gasteiger charge is -2.12. The second kappa shape index (κ2) is 6.85.